The number of ether oxygens (including phenoxy) is 1. The summed E-state index contributed by atoms with van der Waals surface area (Å²) in [7, 11) is 0. The molecule has 1 amide bonds. The molecular formula is C21H20F2N6O5. The molecule has 3 unspecified atom stereocenters. The number of rotatable bonds is 5. The first-order valence-corrected chi connectivity index (χ1v) is 10.5. The topological polar surface area (TPSA) is 135 Å². The first-order valence-electron chi connectivity index (χ1n) is 10.5. The van der Waals surface area contributed by atoms with Gasteiger partial charge in [-0.2, -0.15) is 8.78 Å². The lowest BCUT2D eigenvalue weighted by Gasteiger charge is -2.16. The molecule has 34 heavy (non-hydrogen) atoms. The van der Waals surface area contributed by atoms with Gasteiger partial charge in [-0.25, -0.2) is 9.48 Å². The van der Waals surface area contributed by atoms with Gasteiger partial charge < -0.3 is 14.7 Å². The summed E-state index contributed by atoms with van der Waals surface area (Å²) in [5.41, 5.74) is -0.817. The number of aromatic amines is 1. The van der Waals surface area contributed by atoms with Crippen LogP contribution in [0.3, 0.4) is 0 Å². The predicted octanol–water partition coefficient (Wildman–Crippen LogP) is 0.596. The number of aliphatic hydroxyl groups excluding tert-OH is 1. The van der Waals surface area contributed by atoms with Gasteiger partial charge in [0.1, 0.15) is 18.0 Å². The maximum Gasteiger partial charge on any atom is 0.352 e. The van der Waals surface area contributed by atoms with Gasteiger partial charge in [-0.3, -0.25) is 19.1 Å². The van der Waals surface area contributed by atoms with E-state index < -0.39 is 41.5 Å². The summed E-state index contributed by atoms with van der Waals surface area (Å²) >= 11 is 0. The van der Waals surface area contributed by atoms with Crippen LogP contribution in [0, 0.1) is 6.92 Å². The zero-order chi connectivity index (χ0) is 24.2. The highest BCUT2D eigenvalue weighted by atomic mass is 19.3. The molecule has 3 aromatic rings. The molecule has 0 spiro atoms. The summed E-state index contributed by atoms with van der Waals surface area (Å²) in [5.74, 6) is -4.96. The standard InChI is InChI=1S/C21H20F2N6O5/c1-11-7-28(20(33)24-18(11)31)17-6-15(16(10-30)34-17)29-9-12(25-26-29)8-27-14-5-3-2-4-13(14)21(22,23)19(27)32/h2-5,7,9,15-17,30H,6,8,10H2,1H3,(H,24,31,33). The van der Waals surface area contributed by atoms with Crippen LogP contribution in [0.4, 0.5) is 14.5 Å². The van der Waals surface area contributed by atoms with Crippen LogP contribution < -0.4 is 16.1 Å². The van der Waals surface area contributed by atoms with Crippen molar-refractivity contribution in [1.29, 1.82) is 0 Å². The summed E-state index contributed by atoms with van der Waals surface area (Å²) in [5, 5.41) is 17.9. The number of halogens is 2. The molecule has 2 aromatic heterocycles. The predicted molar refractivity (Wildman–Crippen MR) is 112 cm³/mol. The van der Waals surface area contributed by atoms with Crippen molar-refractivity contribution in [1.82, 2.24) is 24.5 Å². The van der Waals surface area contributed by atoms with Gasteiger partial charge >= 0.3 is 17.5 Å². The maximum atomic E-state index is 14.4. The molecule has 4 heterocycles. The molecule has 2 aliphatic rings. The molecule has 13 heteroatoms. The number of amides is 1. The van der Waals surface area contributed by atoms with Crippen LogP contribution >= 0.6 is 0 Å². The summed E-state index contributed by atoms with van der Waals surface area (Å²) in [6.07, 6.45) is 1.59. The first kappa shape index (κ1) is 22.1. The third-order valence-corrected chi connectivity index (χ3v) is 6.10. The van der Waals surface area contributed by atoms with Crippen LogP contribution in [0.2, 0.25) is 0 Å². The van der Waals surface area contributed by atoms with Crippen molar-refractivity contribution < 1.29 is 23.4 Å². The van der Waals surface area contributed by atoms with Crippen molar-refractivity contribution in [3.8, 4) is 0 Å². The summed E-state index contributed by atoms with van der Waals surface area (Å²) in [6, 6.07) is 5.14. The fraction of sp³-hybridized carbons (Fsp3) is 0.381. The van der Waals surface area contributed by atoms with E-state index in [1.807, 2.05) is 0 Å². The fourth-order valence-electron chi connectivity index (χ4n) is 4.36. The molecule has 2 N–H and O–H groups in total. The third-order valence-electron chi connectivity index (χ3n) is 6.10. The van der Waals surface area contributed by atoms with E-state index in [1.165, 1.54) is 39.8 Å². The number of benzene rings is 1. The second-order valence-electron chi connectivity index (χ2n) is 8.27. The van der Waals surface area contributed by atoms with Gasteiger partial charge in [0.25, 0.3) is 5.56 Å². The average Bonchev–Trinajstić information content (AvgIpc) is 3.49. The molecular weight excluding hydrogens is 454 g/mol. The minimum Gasteiger partial charge on any atom is -0.394 e. The van der Waals surface area contributed by atoms with E-state index in [0.29, 0.717) is 5.56 Å². The largest absolute Gasteiger partial charge is 0.394 e. The Morgan fingerprint density at radius 2 is 2.00 bits per heavy atom. The number of H-pyrrole nitrogens is 1. The van der Waals surface area contributed by atoms with E-state index in [-0.39, 0.29) is 36.5 Å². The van der Waals surface area contributed by atoms with Crippen molar-refractivity contribution in [2.75, 3.05) is 11.5 Å². The highest BCUT2D eigenvalue weighted by Crippen LogP contribution is 2.44. The van der Waals surface area contributed by atoms with Crippen LogP contribution in [-0.2, 0) is 22.0 Å². The lowest BCUT2D eigenvalue weighted by molar-refractivity contribution is -0.141. The third kappa shape index (κ3) is 3.44. The van der Waals surface area contributed by atoms with Gasteiger partial charge in [0.05, 0.1) is 36.6 Å². The number of anilines is 1. The molecule has 0 aliphatic carbocycles. The number of aromatic nitrogens is 5. The molecule has 3 atom stereocenters. The second-order valence-corrected chi connectivity index (χ2v) is 8.27. The van der Waals surface area contributed by atoms with E-state index in [4.69, 9.17) is 4.74 Å². The Labute approximate surface area is 190 Å². The molecule has 0 bridgehead atoms. The Balaban J connectivity index is 1.39. The van der Waals surface area contributed by atoms with Gasteiger partial charge in [0.15, 0.2) is 0 Å². The van der Waals surface area contributed by atoms with Crippen LogP contribution in [0.15, 0.2) is 46.2 Å². The molecule has 1 fully saturated rings. The zero-order valence-corrected chi connectivity index (χ0v) is 17.9. The molecule has 5 rings (SSSR count). The second kappa shape index (κ2) is 7.95. The molecule has 2 aliphatic heterocycles. The number of hydrogen-bond acceptors (Lipinski definition) is 7. The zero-order valence-electron chi connectivity index (χ0n) is 17.9. The van der Waals surface area contributed by atoms with Gasteiger partial charge in [-0.05, 0) is 13.0 Å². The Hall–Kier alpha value is -3.71. The molecule has 0 radical (unpaired) electrons. The highest BCUT2D eigenvalue weighted by molar-refractivity contribution is 6.05. The summed E-state index contributed by atoms with van der Waals surface area (Å²) in [4.78, 5) is 39.4. The van der Waals surface area contributed by atoms with Gasteiger partial charge in [-0.15, -0.1) is 5.10 Å². The van der Waals surface area contributed by atoms with Crippen LogP contribution in [-0.4, -0.2) is 48.3 Å². The van der Waals surface area contributed by atoms with Crippen molar-refractivity contribution in [3.63, 3.8) is 0 Å². The monoisotopic (exact) mass is 474 g/mol. The molecule has 11 nitrogen and oxygen atoms in total. The van der Waals surface area contributed by atoms with E-state index in [1.54, 1.807) is 13.0 Å². The minimum atomic E-state index is -3.62. The highest BCUT2D eigenvalue weighted by Gasteiger charge is 2.52. The Morgan fingerprint density at radius 3 is 2.76 bits per heavy atom. The van der Waals surface area contributed by atoms with E-state index in [2.05, 4.69) is 15.3 Å². The first-order chi connectivity index (χ1) is 16.2. The fourth-order valence-corrected chi connectivity index (χ4v) is 4.36. The van der Waals surface area contributed by atoms with Crippen LogP contribution in [0.5, 0.6) is 0 Å². The number of hydrogen-bond donors (Lipinski definition) is 2. The molecule has 1 saturated heterocycles. The number of carbonyl (C=O) groups is 1. The van der Waals surface area contributed by atoms with Gasteiger partial charge in [0.2, 0.25) is 0 Å². The van der Waals surface area contributed by atoms with Crippen molar-refractivity contribution >= 4 is 11.6 Å². The maximum absolute atomic E-state index is 14.4. The molecule has 1 aromatic carbocycles. The SMILES string of the molecule is Cc1cn(C2CC(n3cc(CN4C(=O)C(F)(F)c5ccccc54)nn3)C(CO)O2)c(=O)[nH]c1=O. The van der Waals surface area contributed by atoms with Gasteiger partial charge in [0, 0.05) is 18.2 Å². The number of nitrogens with one attached hydrogen (secondary N) is 1. The Morgan fingerprint density at radius 1 is 1.24 bits per heavy atom. The van der Waals surface area contributed by atoms with Gasteiger partial charge in [-0.1, -0.05) is 23.4 Å². The number of aryl methyl sites for hydroxylation is 1. The number of fused-ring (bicyclic) bond motifs is 1. The number of carbonyl (C=O) groups excluding carboxylic acids is 1. The average molecular weight is 474 g/mol. The summed E-state index contributed by atoms with van der Waals surface area (Å²) < 4.78 is 37.3. The van der Waals surface area contributed by atoms with Crippen LogP contribution in [0.1, 0.15) is 35.5 Å². The normalized spacial score (nSPS) is 23.5. The number of aliphatic hydroxyl groups is 1. The van der Waals surface area contributed by atoms with Crippen molar-refractivity contribution in [2.24, 2.45) is 0 Å². The van der Waals surface area contributed by atoms with E-state index in [0.717, 1.165) is 4.90 Å². The summed E-state index contributed by atoms with van der Waals surface area (Å²) in [6.45, 7) is 0.957. The lowest BCUT2D eigenvalue weighted by atomic mass is 10.1. The quantitative estimate of drug-likeness (QED) is 0.553. The lowest BCUT2D eigenvalue weighted by Crippen LogP contribution is -2.34. The minimum absolute atomic E-state index is 0.109. The number of alkyl halides is 2. The number of nitrogens with zero attached hydrogens (tertiary/aromatic N) is 5. The number of para-hydroxylation sites is 1. The van der Waals surface area contributed by atoms with Crippen molar-refractivity contribution in [3.05, 3.63) is 74.3 Å². The van der Waals surface area contributed by atoms with Crippen molar-refractivity contribution in [2.45, 2.75) is 44.2 Å². The molecule has 0 saturated carbocycles. The van der Waals surface area contributed by atoms with E-state index in [9.17, 15) is 28.3 Å². The Kier molecular flexibility index (Phi) is 5.17. The smallest absolute Gasteiger partial charge is 0.352 e. The van der Waals surface area contributed by atoms with E-state index >= 15 is 0 Å². The molecule has 178 valence electrons. The Bertz CT molecular complexity index is 1380. The van der Waals surface area contributed by atoms with Crippen LogP contribution in [0.25, 0.3) is 0 Å².